The van der Waals surface area contributed by atoms with Crippen LogP contribution in [0.5, 0.6) is 0 Å². The molecule has 1 aromatic rings. The van der Waals surface area contributed by atoms with Crippen molar-refractivity contribution in [2.24, 2.45) is 0 Å². The fraction of sp³-hybridized carbons (Fsp3) is 0.333. The SMILES string of the molecule is C[C@H](CO)NC(=O)c1cnc(Cl)c(Br)c1. The van der Waals surface area contributed by atoms with Gasteiger partial charge in [-0.15, -0.1) is 0 Å². The Balaban J connectivity index is 2.78. The molecule has 0 fully saturated rings. The number of carbonyl (C=O) groups excluding carboxylic acids is 1. The lowest BCUT2D eigenvalue weighted by molar-refractivity contribution is 0.0922. The van der Waals surface area contributed by atoms with E-state index in [-0.39, 0.29) is 18.6 Å². The second-order valence-corrected chi connectivity index (χ2v) is 4.27. The van der Waals surface area contributed by atoms with Crippen molar-refractivity contribution in [1.82, 2.24) is 10.3 Å². The average Bonchev–Trinajstić information content (AvgIpc) is 2.21. The van der Waals surface area contributed by atoms with Gasteiger partial charge in [0.2, 0.25) is 0 Å². The van der Waals surface area contributed by atoms with Gasteiger partial charge in [-0.1, -0.05) is 11.6 Å². The number of halogens is 2. The Bertz CT molecular complexity index is 373. The van der Waals surface area contributed by atoms with Crippen LogP contribution < -0.4 is 5.32 Å². The largest absolute Gasteiger partial charge is 0.394 e. The number of pyridine rings is 1. The quantitative estimate of drug-likeness (QED) is 0.832. The average molecular weight is 294 g/mol. The minimum atomic E-state index is -0.290. The molecule has 1 amide bonds. The number of nitrogens with one attached hydrogen (secondary N) is 1. The molecule has 4 nitrogen and oxygen atoms in total. The third kappa shape index (κ3) is 3.44. The maximum atomic E-state index is 11.6. The van der Waals surface area contributed by atoms with Gasteiger partial charge in [0.05, 0.1) is 16.6 Å². The van der Waals surface area contributed by atoms with Crippen molar-refractivity contribution in [1.29, 1.82) is 0 Å². The summed E-state index contributed by atoms with van der Waals surface area (Å²) in [5.74, 6) is -0.290. The zero-order valence-electron chi connectivity index (χ0n) is 8.00. The molecule has 0 aliphatic heterocycles. The molecule has 0 aliphatic rings. The van der Waals surface area contributed by atoms with Crippen molar-refractivity contribution in [2.75, 3.05) is 6.61 Å². The van der Waals surface area contributed by atoms with E-state index in [4.69, 9.17) is 16.7 Å². The predicted octanol–water partition coefficient (Wildman–Crippen LogP) is 1.61. The number of rotatable bonds is 3. The molecular weight excluding hydrogens is 283 g/mol. The van der Waals surface area contributed by atoms with Crippen LogP contribution in [0.3, 0.4) is 0 Å². The van der Waals surface area contributed by atoms with Gasteiger partial charge in [0, 0.05) is 12.2 Å². The van der Waals surface area contributed by atoms with Crippen LogP contribution in [0.4, 0.5) is 0 Å². The van der Waals surface area contributed by atoms with Crippen molar-refractivity contribution in [3.05, 3.63) is 27.5 Å². The fourth-order valence-corrected chi connectivity index (χ4v) is 1.35. The van der Waals surface area contributed by atoms with Crippen LogP contribution in [0.2, 0.25) is 5.15 Å². The molecule has 6 heteroatoms. The lowest BCUT2D eigenvalue weighted by Crippen LogP contribution is -2.35. The highest BCUT2D eigenvalue weighted by Crippen LogP contribution is 2.20. The van der Waals surface area contributed by atoms with E-state index in [0.717, 1.165) is 0 Å². The number of aromatic nitrogens is 1. The van der Waals surface area contributed by atoms with E-state index < -0.39 is 0 Å². The summed E-state index contributed by atoms with van der Waals surface area (Å²) in [5.41, 5.74) is 0.395. The first-order valence-electron chi connectivity index (χ1n) is 4.27. The Morgan fingerprint density at radius 2 is 2.47 bits per heavy atom. The normalized spacial score (nSPS) is 12.3. The predicted molar refractivity (Wildman–Crippen MR) is 61.0 cm³/mol. The molecule has 2 N–H and O–H groups in total. The van der Waals surface area contributed by atoms with Gasteiger partial charge in [0.1, 0.15) is 5.15 Å². The van der Waals surface area contributed by atoms with Gasteiger partial charge in [-0.3, -0.25) is 4.79 Å². The molecule has 0 aliphatic carbocycles. The number of hydrogen-bond acceptors (Lipinski definition) is 3. The first-order chi connectivity index (χ1) is 7.04. The van der Waals surface area contributed by atoms with E-state index >= 15 is 0 Å². The molecule has 0 saturated heterocycles. The van der Waals surface area contributed by atoms with Gasteiger partial charge in [0.25, 0.3) is 5.91 Å². The van der Waals surface area contributed by atoms with E-state index in [1.807, 2.05) is 0 Å². The zero-order valence-corrected chi connectivity index (χ0v) is 10.3. The number of hydrogen-bond donors (Lipinski definition) is 2. The summed E-state index contributed by atoms with van der Waals surface area (Å²) >= 11 is 8.86. The Hall–Kier alpha value is -0.650. The topological polar surface area (TPSA) is 62.2 Å². The van der Waals surface area contributed by atoms with Gasteiger partial charge >= 0.3 is 0 Å². The van der Waals surface area contributed by atoms with Crippen molar-refractivity contribution >= 4 is 33.4 Å². The Morgan fingerprint density at radius 1 is 1.80 bits per heavy atom. The van der Waals surface area contributed by atoms with Crippen LogP contribution in [0, 0.1) is 0 Å². The summed E-state index contributed by atoms with van der Waals surface area (Å²) in [4.78, 5) is 15.4. The lowest BCUT2D eigenvalue weighted by Gasteiger charge is -2.10. The minimum absolute atomic E-state index is 0.103. The van der Waals surface area contributed by atoms with Gasteiger partial charge in [-0.05, 0) is 28.9 Å². The van der Waals surface area contributed by atoms with E-state index in [2.05, 4.69) is 26.2 Å². The number of aliphatic hydroxyl groups excluding tert-OH is 1. The summed E-state index contributed by atoms with van der Waals surface area (Å²) in [7, 11) is 0. The van der Waals surface area contributed by atoms with Crippen molar-refractivity contribution in [3.63, 3.8) is 0 Å². The standard InChI is InChI=1S/C9H10BrClN2O2/c1-5(4-14)13-9(15)6-2-7(10)8(11)12-3-6/h2-3,5,14H,4H2,1H3,(H,13,15)/t5-/m1/s1. The lowest BCUT2D eigenvalue weighted by atomic mass is 10.2. The summed E-state index contributed by atoms with van der Waals surface area (Å²) in [5, 5.41) is 11.7. The Kier molecular flexibility index (Phi) is 4.50. The third-order valence-corrected chi connectivity index (χ3v) is 2.84. The molecule has 1 rings (SSSR count). The first kappa shape index (κ1) is 12.4. The highest BCUT2D eigenvalue weighted by Gasteiger charge is 2.10. The molecule has 0 unspecified atom stereocenters. The van der Waals surface area contributed by atoms with E-state index in [1.54, 1.807) is 13.0 Å². The molecule has 15 heavy (non-hydrogen) atoms. The fourth-order valence-electron chi connectivity index (χ4n) is 0.898. The van der Waals surface area contributed by atoms with Gasteiger partial charge < -0.3 is 10.4 Å². The maximum Gasteiger partial charge on any atom is 0.253 e. The summed E-state index contributed by atoms with van der Waals surface area (Å²) < 4.78 is 0.563. The van der Waals surface area contributed by atoms with Crippen LogP contribution in [0.25, 0.3) is 0 Å². The smallest absolute Gasteiger partial charge is 0.253 e. The molecule has 0 aromatic carbocycles. The van der Waals surface area contributed by atoms with Gasteiger partial charge in [-0.25, -0.2) is 4.98 Å². The van der Waals surface area contributed by atoms with Crippen molar-refractivity contribution < 1.29 is 9.90 Å². The number of amides is 1. The molecule has 1 aromatic heterocycles. The molecular formula is C9H10BrClN2O2. The molecule has 0 radical (unpaired) electrons. The molecule has 0 saturated carbocycles. The monoisotopic (exact) mass is 292 g/mol. The van der Waals surface area contributed by atoms with Crippen LogP contribution in [-0.4, -0.2) is 28.6 Å². The van der Waals surface area contributed by atoms with Gasteiger partial charge in [0.15, 0.2) is 0 Å². The van der Waals surface area contributed by atoms with E-state index in [1.165, 1.54) is 6.20 Å². The second-order valence-electron chi connectivity index (χ2n) is 3.05. The molecule has 82 valence electrons. The van der Waals surface area contributed by atoms with Crippen molar-refractivity contribution in [2.45, 2.75) is 13.0 Å². The summed E-state index contributed by atoms with van der Waals surface area (Å²) in [6.45, 7) is 1.60. The molecule has 1 atom stereocenters. The van der Waals surface area contributed by atoms with Crippen LogP contribution in [0.1, 0.15) is 17.3 Å². The Morgan fingerprint density at radius 3 is 3.00 bits per heavy atom. The van der Waals surface area contributed by atoms with E-state index in [9.17, 15) is 4.79 Å². The second kappa shape index (κ2) is 5.44. The first-order valence-corrected chi connectivity index (χ1v) is 5.44. The van der Waals surface area contributed by atoms with Gasteiger partial charge in [-0.2, -0.15) is 0 Å². The molecule has 1 heterocycles. The minimum Gasteiger partial charge on any atom is -0.394 e. The summed E-state index contributed by atoms with van der Waals surface area (Å²) in [6, 6.07) is 1.29. The van der Waals surface area contributed by atoms with E-state index in [0.29, 0.717) is 15.2 Å². The Labute approximate surface area is 101 Å². The third-order valence-electron chi connectivity index (χ3n) is 1.71. The molecule has 0 spiro atoms. The van der Waals surface area contributed by atoms with Crippen molar-refractivity contribution in [3.8, 4) is 0 Å². The zero-order chi connectivity index (χ0) is 11.4. The molecule has 0 bridgehead atoms. The highest BCUT2D eigenvalue weighted by atomic mass is 79.9. The maximum absolute atomic E-state index is 11.6. The summed E-state index contributed by atoms with van der Waals surface area (Å²) in [6.07, 6.45) is 1.38. The van der Waals surface area contributed by atoms with Crippen LogP contribution in [-0.2, 0) is 0 Å². The number of carbonyl (C=O) groups is 1. The number of aliphatic hydroxyl groups is 1. The van der Waals surface area contributed by atoms with Crippen LogP contribution in [0.15, 0.2) is 16.7 Å². The number of nitrogens with zero attached hydrogens (tertiary/aromatic N) is 1. The highest BCUT2D eigenvalue weighted by molar-refractivity contribution is 9.10. The van der Waals surface area contributed by atoms with Crippen LogP contribution >= 0.6 is 27.5 Å².